The van der Waals surface area contributed by atoms with Gasteiger partial charge in [-0.25, -0.2) is 4.98 Å². The normalized spacial score (nSPS) is 18.3. The highest BCUT2D eigenvalue weighted by molar-refractivity contribution is 5.63. The van der Waals surface area contributed by atoms with Crippen molar-refractivity contribution in [1.82, 2.24) is 15.0 Å². The molecule has 0 spiro atoms. The Morgan fingerprint density at radius 3 is 3.04 bits per heavy atom. The van der Waals surface area contributed by atoms with Crippen LogP contribution in [0.15, 0.2) is 30.6 Å². The quantitative estimate of drug-likeness (QED) is 0.714. The van der Waals surface area contributed by atoms with E-state index in [-0.39, 0.29) is 18.8 Å². The number of pyridine rings is 1. The average molecular weight is 329 g/mol. The molecule has 3 rings (SSSR count). The molecular weight excluding hydrogens is 306 g/mol. The Balaban J connectivity index is 1.81. The summed E-state index contributed by atoms with van der Waals surface area (Å²) >= 11 is 0. The summed E-state index contributed by atoms with van der Waals surface area (Å²) in [5.74, 6) is 1.21. The van der Waals surface area contributed by atoms with Gasteiger partial charge in [-0.15, -0.1) is 0 Å². The summed E-state index contributed by atoms with van der Waals surface area (Å²) < 4.78 is 5.64. The SMILES string of the molecule is C[C@H](CO)Nc1nc(NC[C@H]2CCCO2)cc(-c2cccnc2)n1. The largest absolute Gasteiger partial charge is 0.394 e. The molecule has 0 radical (unpaired) electrons. The molecule has 1 aliphatic rings. The molecule has 0 aliphatic carbocycles. The van der Waals surface area contributed by atoms with Crippen molar-refractivity contribution in [3.8, 4) is 11.3 Å². The maximum absolute atomic E-state index is 9.24. The van der Waals surface area contributed by atoms with E-state index in [0.29, 0.717) is 5.95 Å². The molecule has 1 aliphatic heterocycles. The van der Waals surface area contributed by atoms with Gasteiger partial charge in [-0.2, -0.15) is 4.98 Å². The van der Waals surface area contributed by atoms with E-state index in [2.05, 4.69) is 25.6 Å². The minimum absolute atomic E-state index is 0.0131. The topological polar surface area (TPSA) is 92.2 Å². The van der Waals surface area contributed by atoms with E-state index >= 15 is 0 Å². The number of hydrogen-bond acceptors (Lipinski definition) is 7. The Morgan fingerprint density at radius 1 is 1.42 bits per heavy atom. The van der Waals surface area contributed by atoms with Crippen LogP contribution in [0.4, 0.5) is 11.8 Å². The molecule has 0 unspecified atom stereocenters. The first kappa shape index (κ1) is 16.6. The summed E-state index contributed by atoms with van der Waals surface area (Å²) in [7, 11) is 0. The van der Waals surface area contributed by atoms with Gasteiger partial charge in [0.15, 0.2) is 0 Å². The standard InChI is InChI=1S/C17H23N5O2/c1-12(11-23)20-17-21-15(13-4-2-6-18-9-13)8-16(22-17)19-10-14-5-3-7-24-14/h2,4,6,8-9,12,14,23H,3,5,7,10-11H2,1H3,(H2,19,20,21,22)/t12-,14-/m1/s1. The third kappa shape index (κ3) is 4.39. The van der Waals surface area contributed by atoms with Crippen molar-refractivity contribution < 1.29 is 9.84 Å². The zero-order valence-corrected chi connectivity index (χ0v) is 13.8. The van der Waals surface area contributed by atoms with Crippen LogP contribution in [0.2, 0.25) is 0 Å². The Labute approximate surface area is 141 Å². The van der Waals surface area contributed by atoms with Gasteiger partial charge in [-0.3, -0.25) is 4.98 Å². The van der Waals surface area contributed by atoms with E-state index in [1.165, 1.54) is 0 Å². The fraction of sp³-hybridized carbons (Fsp3) is 0.471. The lowest BCUT2D eigenvalue weighted by atomic mass is 10.2. The van der Waals surface area contributed by atoms with Crippen molar-refractivity contribution in [2.24, 2.45) is 0 Å². The highest BCUT2D eigenvalue weighted by Gasteiger charge is 2.16. The van der Waals surface area contributed by atoms with Crippen LogP contribution in [0.1, 0.15) is 19.8 Å². The second kappa shape index (κ2) is 8.03. The molecule has 0 aromatic carbocycles. The van der Waals surface area contributed by atoms with E-state index in [4.69, 9.17) is 4.74 Å². The van der Waals surface area contributed by atoms with Gasteiger partial charge in [0.25, 0.3) is 0 Å². The number of anilines is 2. The first-order chi connectivity index (χ1) is 11.7. The predicted molar refractivity (Wildman–Crippen MR) is 92.9 cm³/mol. The number of nitrogens with zero attached hydrogens (tertiary/aromatic N) is 3. The Morgan fingerprint density at radius 2 is 2.33 bits per heavy atom. The number of nitrogens with one attached hydrogen (secondary N) is 2. The zero-order chi connectivity index (χ0) is 16.8. The molecule has 7 nitrogen and oxygen atoms in total. The van der Waals surface area contributed by atoms with Gasteiger partial charge >= 0.3 is 0 Å². The lowest BCUT2D eigenvalue weighted by molar-refractivity contribution is 0.120. The van der Waals surface area contributed by atoms with Crippen LogP contribution < -0.4 is 10.6 Å². The molecule has 24 heavy (non-hydrogen) atoms. The summed E-state index contributed by atoms with van der Waals surface area (Å²) in [6, 6.07) is 5.61. The third-order valence-electron chi connectivity index (χ3n) is 3.87. The van der Waals surface area contributed by atoms with E-state index in [1.54, 1.807) is 12.4 Å². The fourth-order valence-corrected chi connectivity index (χ4v) is 2.55. The van der Waals surface area contributed by atoms with E-state index in [0.717, 1.165) is 43.1 Å². The van der Waals surface area contributed by atoms with Crippen molar-refractivity contribution in [3.05, 3.63) is 30.6 Å². The molecular formula is C17H23N5O2. The van der Waals surface area contributed by atoms with E-state index in [1.807, 2.05) is 25.1 Å². The number of ether oxygens (including phenoxy) is 1. The number of aliphatic hydroxyl groups excluding tert-OH is 1. The first-order valence-electron chi connectivity index (χ1n) is 8.27. The molecule has 128 valence electrons. The van der Waals surface area contributed by atoms with Crippen LogP contribution in [0.5, 0.6) is 0 Å². The molecule has 2 atom stereocenters. The monoisotopic (exact) mass is 329 g/mol. The first-order valence-corrected chi connectivity index (χ1v) is 8.27. The molecule has 0 bridgehead atoms. The van der Waals surface area contributed by atoms with Crippen LogP contribution in [0.3, 0.4) is 0 Å². The molecule has 3 heterocycles. The maximum Gasteiger partial charge on any atom is 0.225 e. The smallest absolute Gasteiger partial charge is 0.225 e. The summed E-state index contributed by atoms with van der Waals surface area (Å²) in [6.45, 7) is 3.44. The number of hydrogen-bond donors (Lipinski definition) is 3. The van der Waals surface area contributed by atoms with Gasteiger partial charge in [0.1, 0.15) is 5.82 Å². The number of rotatable bonds is 7. The molecule has 1 fully saturated rings. The summed E-state index contributed by atoms with van der Waals surface area (Å²) in [5, 5.41) is 15.7. The number of aliphatic hydroxyl groups is 1. The Bertz CT molecular complexity index is 647. The van der Waals surface area contributed by atoms with Crippen molar-refractivity contribution in [3.63, 3.8) is 0 Å². The molecule has 0 amide bonds. The summed E-state index contributed by atoms with van der Waals surface area (Å²) in [5.41, 5.74) is 1.69. The van der Waals surface area contributed by atoms with Crippen molar-refractivity contribution in [1.29, 1.82) is 0 Å². The predicted octanol–water partition coefficient (Wildman–Crippen LogP) is 1.92. The van der Waals surface area contributed by atoms with Crippen LogP contribution in [-0.4, -0.2) is 52.0 Å². The fourth-order valence-electron chi connectivity index (χ4n) is 2.55. The van der Waals surface area contributed by atoms with Gasteiger partial charge in [-0.05, 0) is 31.9 Å². The zero-order valence-electron chi connectivity index (χ0n) is 13.8. The van der Waals surface area contributed by atoms with Crippen molar-refractivity contribution in [2.45, 2.75) is 31.9 Å². The molecule has 3 N–H and O–H groups in total. The number of aromatic nitrogens is 3. The molecule has 7 heteroatoms. The minimum Gasteiger partial charge on any atom is -0.394 e. The Kier molecular flexibility index (Phi) is 5.55. The van der Waals surface area contributed by atoms with Crippen LogP contribution >= 0.6 is 0 Å². The van der Waals surface area contributed by atoms with Gasteiger partial charge in [-0.1, -0.05) is 0 Å². The highest BCUT2D eigenvalue weighted by atomic mass is 16.5. The van der Waals surface area contributed by atoms with Gasteiger partial charge in [0.05, 0.1) is 18.4 Å². The lowest BCUT2D eigenvalue weighted by Crippen LogP contribution is -2.22. The summed E-state index contributed by atoms with van der Waals surface area (Å²) in [6.07, 6.45) is 5.91. The lowest BCUT2D eigenvalue weighted by Gasteiger charge is -2.15. The van der Waals surface area contributed by atoms with Gasteiger partial charge < -0.3 is 20.5 Å². The minimum atomic E-state index is -0.125. The maximum atomic E-state index is 9.24. The van der Waals surface area contributed by atoms with E-state index in [9.17, 15) is 5.11 Å². The molecule has 1 saturated heterocycles. The summed E-state index contributed by atoms with van der Waals surface area (Å²) in [4.78, 5) is 13.2. The molecule has 2 aromatic heterocycles. The van der Waals surface area contributed by atoms with Crippen LogP contribution in [0, 0.1) is 0 Å². The average Bonchev–Trinajstić information content (AvgIpc) is 3.14. The van der Waals surface area contributed by atoms with Crippen molar-refractivity contribution >= 4 is 11.8 Å². The highest BCUT2D eigenvalue weighted by Crippen LogP contribution is 2.21. The molecule has 2 aromatic rings. The second-order valence-corrected chi connectivity index (χ2v) is 5.95. The van der Waals surface area contributed by atoms with Gasteiger partial charge in [0, 0.05) is 43.2 Å². The third-order valence-corrected chi connectivity index (χ3v) is 3.87. The van der Waals surface area contributed by atoms with Gasteiger partial charge in [0.2, 0.25) is 5.95 Å². The van der Waals surface area contributed by atoms with Crippen LogP contribution in [-0.2, 0) is 4.74 Å². The second-order valence-electron chi connectivity index (χ2n) is 5.95. The van der Waals surface area contributed by atoms with E-state index < -0.39 is 0 Å². The van der Waals surface area contributed by atoms with Crippen molar-refractivity contribution in [2.75, 3.05) is 30.4 Å². The van der Waals surface area contributed by atoms with Crippen LogP contribution in [0.25, 0.3) is 11.3 Å². The Hall–Kier alpha value is -2.25. The molecule has 0 saturated carbocycles.